The number of hydrogen-bond acceptors (Lipinski definition) is 3. The van der Waals surface area contributed by atoms with Gasteiger partial charge in [0.2, 0.25) is 5.43 Å². The van der Waals surface area contributed by atoms with Crippen LogP contribution in [0.3, 0.4) is 0 Å². The molecule has 0 aliphatic carbocycles. The maximum absolute atomic E-state index is 13.0. The van der Waals surface area contributed by atoms with Gasteiger partial charge in [0.25, 0.3) is 10.0 Å². The lowest BCUT2D eigenvalue weighted by atomic mass is 10.3. The molecule has 5 nitrogen and oxygen atoms in total. The Bertz CT molecular complexity index is 795. The van der Waals surface area contributed by atoms with Crippen molar-refractivity contribution < 1.29 is 21.6 Å². The average molecular weight is 304 g/mol. The van der Waals surface area contributed by atoms with Gasteiger partial charge < -0.3 is 4.98 Å². The molecule has 0 aliphatic rings. The lowest BCUT2D eigenvalue weighted by Crippen LogP contribution is -2.21. The van der Waals surface area contributed by atoms with Gasteiger partial charge in [-0.05, 0) is 0 Å². The number of hydrogen-bond donors (Lipinski definition) is 2. The summed E-state index contributed by atoms with van der Waals surface area (Å²) in [6.45, 7) is 0. The first-order valence-corrected chi connectivity index (χ1v) is 6.64. The van der Waals surface area contributed by atoms with Crippen LogP contribution in [0, 0.1) is 17.5 Å². The number of nitrogens with one attached hydrogen (secondary N) is 2. The predicted octanol–water partition coefficient (Wildman–Crippen LogP) is 1.59. The number of aromatic nitrogens is 1. The molecule has 0 aliphatic heterocycles. The van der Waals surface area contributed by atoms with Crippen LogP contribution >= 0.6 is 0 Å². The summed E-state index contributed by atoms with van der Waals surface area (Å²) in [6, 6.07) is 1.90. The van der Waals surface area contributed by atoms with Gasteiger partial charge >= 0.3 is 0 Å². The lowest BCUT2D eigenvalue weighted by Gasteiger charge is -2.08. The van der Waals surface area contributed by atoms with Gasteiger partial charge in [0.15, 0.2) is 22.3 Å². The molecule has 1 aromatic heterocycles. The van der Waals surface area contributed by atoms with Crippen LogP contribution in [-0.4, -0.2) is 13.4 Å². The fraction of sp³-hybridized carbons (Fsp3) is 0. The van der Waals surface area contributed by atoms with E-state index in [9.17, 15) is 26.4 Å². The van der Waals surface area contributed by atoms with E-state index in [1.807, 2.05) is 0 Å². The molecule has 0 saturated heterocycles. The van der Waals surface area contributed by atoms with Gasteiger partial charge in [0.05, 0.1) is 5.69 Å². The molecule has 0 radical (unpaired) electrons. The number of benzene rings is 1. The highest BCUT2D eigenvalue weighted by Crippen LogP contribution is 2.19. The Morgan fingerprint density at radius 3 is 2.25 bits per heavy atom. The molecule has 9 heteroatoms. The zero-order chi connectivity index (χ0) is 14.9. The van der Waals surface area contributed by atoms with Gasteiger partial charge in [-0.3, -0.25) is 9.52 Å². The van der Waals surface area contributed by atoms with E-state index >= 15 is 0 Å². The number of H-pyrrole nitrogens is 1. The van der Waals surface area contributed by atoms with Crippen LogP contribution in [-0.2, 0) is 10.0 Å². The molecule has 1 aromatic carbocycles. The smallest absolute Gasteiger partial charge is 0.267 e. The third kappa shape index (κ3) is 2.67. The van der Waals surface area contributed by atoms with Crippen LogP contribution in [0.25, 0.3) is 0 Å². The SMILES string of the molecule is O=c1cc[nH]cc1S(=O)(=O)Nc1cc(F)c(F)c(F)c1. The minimum absolute atomic E-state index is 0.465. The normalized spacial score (nSPS) is 11.3. The molecule has 2 rings (SSSR count). The fourth-order valence-electron chi connectivity index (χ4n) is 1.44. The van der Waals surface area contributed by atoms with Gasteiger partial charge in [-0.1, -0.05) is 0 Å². The molecule has 0 bridgehead atoms. The first-order chi connectivity index (χ1) is 9.31. The van der Waals surface area contributed by atoms with E-state index in [0.29, 0.717) is 12.1 Å². The highest BCUT2D eigenvalue weighted by molar-refractivity contribution is 7.92. The van der Waals surface area contributed by atoms with Crippen molar-refractivity contribution in [3.8, 4) is 0 Å². The minimum atomic E-state index is -4.34. The largest absolute Gasteiger partial charge is 0.366 e. The minimum Gasteiger partial charge on any atom is -0.366 e. The molecule has 0 atom stereocenters. The van der Waals surface area contributed by atoms with Crippen LogP contribution in [0.5, 0.6) is 0 Å². The van der Waals surface area contributed by atoms with Crippen molar-refractivity contribution in [1.29, 1.82) is 0 Å². The second-order valence-electron chi connectivity index (χ2n) is 3.73. The van der Waals surface area contributed by atoms with Crippen molar-refractivity contribution in [1.82, 2.24) is 4.98 Å². The van der Waals surface area contributed by atoms with Gasteiger partial charge in [-0.25, -0.2) is 21.6 Å². The zero-order valence-corrected chi connectivity index (χ0v) is 10.5. The van der Waals surface area contributed by atoms with Gasteiger partial charge in [0.1, 0.15) is 0 Å². The molecule has 0 saturated carbocycles. The number of sulfonamides is 1. The van der Waals surface area contributed by atoms with Crippen molar-refractivity contribution in [3.05, 3.63) is 58.3 Å². The first-order valence-electron chi connectivity index (χ1n) is 5.16. The standard InChI is InChI=1S/C11H7F3N2O3S/c12-7-3-6(4-8(13)11(7)14)16-20(18,19)10-5-15-2-1-9(10)17/h1-5,16H,(H,15,17). The quantitative estimate of drug-likeness (QED) is 0.845. The molecule has 20 heavy (non-hydrogen) atoms. The molecular formula is C11H7F3N2O3S. The molecule has 0 fully saturated rings. The van der Waals surface area contributed by atoms with E-state index < -0.39 is 43.5 Å². The first kappa shape index (κ1) is 14.1. The number of anilines is 1. The van der Waals surface area contributed by atoms with Crippen LogP contribution in [0.15, 0.2) is 40.3 Å². The zero-order valence-electron chi connectivity index (χ0n) is 9.65. The predicted molar refractivity (Wildman–Crippen MR) is 64.2 cm³/mol. The molecular weight excluding hydrogens is 297 g/mol. The summed E-state index contributed by atoms with van der Waals surface area (Å²) in [7, 11) is -4.34. The van der Waals surface area contributed by atoms with Crippen molar-refractivity contribution in [3.63, 3.8) is 0 Å². The Kier molecular flexibility index (Phi) is 3.53. The Hall–Kier alpha value is -2.29. The van der Waals surface area contributed by atoms with E-state index in [1.165, 1.54) is 6.20 Å². The molecule has 2 aromatic rings. The molecule has 0 amide bonds. The Morgan fingerprint density at radius 1 is 1.10 bits per heavy atom. The van der Waals surface area contributed by atoms with Crippen LogP contribution in [0.4, 0.5) is 18.9 Å². The number of aromatic amines is 1. The van der Waals surface area contributed by atoms with E-state index in [2.05, 4.69) is 4.98 Å². The van der Waals surface area contributed by atoms with Crippen LogP contribution in [0.2, 0.25) is 0 Å². The topological polar surface area (TPSA) is 79.0 Å². The number of halogens is 3. The van der Waals surface area contributed by atoms with E-state index in [4.69, 9.17) is 0 Å². The van der Waals surface area contributed by atoms with E-state index in [1.54, 1.807) is 4.72 Å². The highest BCUT2D eigenvalue weighted by atomic mass is 32.2. The van der Waals surface area contributed by atoms with Crippen molar-refractivity contribution in [2.75, 3.05) is 4.72 Å². The van der Waals surface area contributed by atoms with Gasteiger partial charge in [0, 0.05) is 30.6 Å². The molecule has 0 unspecified atom stereocenters. The summed E-state index contributed by atoms with van der Waals surface area (Å²) in [5.74, 6) is -4.82. The number of pyridine rings is 1. The summed E-state index contributed by atoms with van der Waals surface area (Å²) in [5.41, 5.74) is -1.34. The maximum atomic E-state index is 13.0. The monoisotopic (exact) mass is 304 g/mol. The second kappa shape index (κ2) is 5.00. The van der Waals surface area contributed by atoms with Crippen LogP contribution in [0.1, 0.15) is 0 Å². The average Bonchev–Trinajstić information content (AvgIpc) is 2.35. The van der Waals surface area contributed by atoms with Crippen molar-refractivity contribution in [2.45, 2.75) is 4.90 Å². The third-order valence-corrected chi connectivity index (χ3v) is 3.72. The van der Waals surface area contributed by atoms with Crippen molar-refractivity contribution >= 4 is 15.7 Å². The lowest BCUT2D eigenvalue weighted by molar-refractivity contribution is 0.448. The number of rotatable bonds is 3. The molecule has 106 valence electrons. The summed E-state index contributed by atoms with van der Waals surface area (Å²) in [5, 5.41) is 0. The third-order valence-electron chi connectivity index (χ3n) is 2.31. The van der Waals surface area contributed by atoms with E-state index in [-0.39, 0.29) is 0 Å². The Labute approximate surface area is 111 Å². The van der Waals surface area contributed by atoms with Gasteiger partial charge in [-0.2, -0.15) is 0 Å². The summed E-state index contributed by atoms with van der Waals surface area (Å²) < 4.78 is 64.2. The molecule has 1 heterocycles. The Morgan fingerprint density at radius 2 is 1.70 bits per heavy atom. The maximum Gasteiger partial charge on any atom is 0.267 e. The highest BCUT2D eigenvalue weighted by Gasteiger charge is 2.19. The second-order valence-corrected chi connectivity index (χ2v) is 5.38. The van der Waals surface area contributed by atoms with Gasteiger partial charge in [-0.15, -0.1) is 0 Å². The van der Waals surface area contributed by atoms with E-state index in [0.717, 1.165) is 12.3 Å². The summed E-state index contributed by atoms with van der Waals surface area (Å²) in [6.07, 6.45) is 2.14. The fourth-order valence-corrected chi connectivity index (χ4v) is 2.53. The molecule has 0 spiro atoms. The summed E-state index contributed by atoms with van der Waals surface area (Å²) >= 11 is 0. The summed E-state index contributed by atoms with van der Waals surface area (Å²) in [4.78, 5) is 13.2. The van der Waals surface area contributed by atoms with Crippen LogP contribution < -0.4 is 10.2 Å². The Balaban J connectivity index is 2.44. The molecule has 2 N–H and O–H groups in total. The van der Waals surface area contributed by atoms with Crippen molar-refractivity contribution in [2.24, 2.45) is 0 Å².